The van der Waals surface area contributed by atoms with E-state index in [1.165, 1.54) is 0 Å². The molecule has 0 spiro atoms. The summed E-state index contributed by atoms with van der Waals surface area (Å²) in [5.74, 6) is 0. The van der Waals surface area contributed by atoms with Gasteiger partial charge in [-0.05, 0) is 6.07 Å². The molecule has 0 saturated carbocycles. The molecular formula is C9H14N2O2. The van der Waals surface area contributed by atoms with E-state index in [2.05, 4.69) is 5.10 Å². The summed E-state index contributed by atoms with van der Waals surface area (Å²) < 4.78 is 6.90. The van der Waals surface area contributed by atoms with Crippen molar-refractivity contribution in [2.75, 3.05) is 13.2 Å². The SMILES string of the molecule is Cn1ccc(CC2(O)CCOC2)n1. The molecule has 0 aliphatic carbocycles. The van der Waals surface area contributed by atoms with E-state index in [1.807, 2.05) is 19.3 Å². The van der Waals surface area contributed by atoms with Gasteiger partial charge in [0.25, 0.3) is 0 Å². The second kappa shape index (κ2) is 3.12. The van der Waals surface area contributed by atoms with Gasteiger partial charge in [0, 0.05) is 32.7 Å². The summed E-state index contributed by atoms with van der Waals surface area (Å²) >= 11 is 0. The number of hydrogen-bond acceptors (Lipinski definition) is 3. The molecule has 1 fully saturated rings. The molecule has 13 heavy (non-hydrogen) atoms. The van der Waals surface area contributed by atoms with Crippen LogP contribution in [0.25, 0.3) is 0 Å². The Kier molecular flexibility index (Phi) is 2.09. The summed E-state index contributed by atoms with van der Waals surface area (Å²) in [5.41, 5.74) is 0.240. The Morgan fingerprint density at radius 1 is 1.77 bits per heavy atom. The lowest BCUT2D eigenvalue weighted by Crippen LogP contribution is -2.31. The lowest BCUT2D eigenvalue weighted by Gasteiger charge is -2.18. The van der Waals surface area contributed by atoms with Crippen molar-refractivity contribution < 1.29 is 9.84 Å². The molecule has 0 aromatic carbocycles. The fourth-order valence-corrected chi connectivity index (χ4v) is 1.63. The number of rotatable bonds is 2. The predicted octanol–water partition coefficient (Wildman–Crippen LogP) is 0.114. The van der Waals surface area contributed by atoms with Gasteiger partial charge in [0.1, 0.15) is 0 Å². The Morgan fingerprint density at radius 2 is 2.62 bits per heavy atom. The smallest absolute Gasteiger partial charge is 0.0957 e. The van der Waals surface area contributed by atoms with Gasteiger partial charge in [-0.25, -0.2) is 0 Å². The fraction of sp³-hybridized carbons (Fsp3) is 0.667. The number of aryl methyl sites for hydroxylation is 1. The lowest BCUT2D eigenvalue weighted by molar-refractivity contribution is 0.0262. The van der Waals surface area contributed by atoms with Crippen LogP contribution in [0.3, 0.4) is 0 Å². The zero-order chi connectivity index (χ0) is 9.31. The molecule has 1 N–H and O–H groups in total. The van der Waals surface area contributed by atoms with Gasteiger partial charge in [-0.3, -0.25) is 4.68 Å². The van der Waals surface area contributed by atoms with Gasteiger partial charge in [0.15, 0.2) is 0 Å². The third kappa shape index (κ3) is 1.89. The first-order valence-corrected chi connectivity index (χ1v) is 4.47. The zero-order valence-corrected chi connectivity index (χ0v) is 7.73. The highest BCUT2D eigenvalue weighted by Crippen LogP contribution is 2.22. The van der Waals surface area contributed by atoms with Crippen LogP contribution in [0.5, 0.6) is 0 Å². The summed E-state index contributed by atoms with van der Waals surface area (Å²) in [4.78, 5) is 0. The molecule has 0 amide bonds. The molecule has 1 saturated heterocycles. The van der Waals surface area contributed by atoms with E-state index in [4.69, 9.17) is 4.74 Å². The van der Waals surface area contributed by atoms with Crippen LogP contribution in [-0.2, 0) is 18.2 Å². The maximum Gasteiger partial charge on any atom is 0.0957 e. The minimum Gasteiger partial charge on any atom is -0.387 e. The monoisotopic (exact) mass is 182 g/mol. The molecule has 72 valence electrons. The minimum atomic E-state index is -0.686. The number of hydrogen-bond donors (Lipinski definition) is 1. The van der Waals surface area contributed by atoms with Crippen molar-refractivity contribution in [2.45, 2.75) is 18.4 Å². The quantitative estimate of drug-likeness (QED) is 0.706. The molecular weight excluding hydrogens is 168 g/mol. The average Bonchev–Trinajstić information content (AvgIpc) is 2.62. The maximum absolute atomic E-state index is 9.98. The molecule has 1 aromatic rings. The lowest BCUT2D eigenvalue weighted by atomic mass is 9.97. The van der Waals surface area contributed by atoms with Crippen molar-refractivity contribution in [1.82, 2.24) is 9.78 Å². The summed E-state index contributed by atoms with van der Waals surface area (Å²) in [6.45, 7) is 1.09. The number of aromatic nitrogens is 2. The normalized spacial score (nSPS) is 28.2. The topological polar surface area (TPSA) is 47.3 Å². The van der Waals surface area contributed by atoms with E-state index in [9.17, 15) is 5.11 Å². The molecule has 1 aliphatic rings. The van der Waals surface area contributed by atoms with Gasteiger partial charge in [0.05, 0.1) is 17.9 Å². The van der Waals surface area contributed by atoms with Crippen molar-refractivity contribution in [3.05, 3.63) is 18.0 Å². The van der Waals surface area contributed by atoms with Gasteiger partial charge >= 0.3 is 0 Å². The molecule has 0 bridgehead atoms. The molecule has 2 rings (SSSR count). The van der Waals surface area contributed by atoms with Crippen LogP contribution in [0, 0.1) is 0 Å². The number of ether oxygens (including phenoxy) is 1. The van der Waals surface area contributed by atoms with E-state index >= 15 is 0 Å². The molecule has 2 heterocycles. The van der Waals surface area contributed by atoms with E-state index in [-0.39, 0.29) is 0 Å². The summed E-state index contributed by atoms with van der Waals surface area (Å²) in [5, 5.41) is 14.2. The first-order chi connectivity index (χ1) is 6.18. The highest BCUT2D eigenvalue weighted by atomic mass is 16.5. The Bertz CT molecular complexity index is 290. The Balaban J connectivity index is 2.04. The third-order valence-corrected chi connectivity index (χ3v) is 2.36. The molecule has 1 atom stereocenters. The van der Waals surface area contributed by atoms with Crippen LogP contribution < -0.4 is 0 Å². The first-order valence-electron chi connectivity index (χ1n) is 4.47. The highest BCUT2D eigenvalue weighted by molar-refractivity contribution is 5.04. The van der Waals surface area contributed by atoms with Crippen LogP contribution in [0.4, 0.5) is 0 Å². The molecule has 4 heteroatoms. The Labute approximate surface area is 77.1 Å². The van der Waals surface area contributed by atoms with Crippen LogP contribution in [0.1, 0.15) is 12.1 Å². The second-order valence-corrected chi connectivity index (χ2v) is 3.68. The highest BCUT2D eigenvalue weighted by Gasteiger charge is 2.32. The first kappa shape index (κ1) is 8.72. The Morgan fingerprint density at radius 3 is 3.15 bits per heavy atom. The summed E-state index contributed by atoms with van der Waals surface area (Å²) in [6, 6.07) is 1.93. The van der Waals surface area contributed by atoms with Gasteiger partial charge in [-0.2, -0.15) is 5.10 Å². The van der Waals surface area contributed by atoms with Crippen LogP contribution in [-0.4, -0.2) is 33.7 Å². The second-order valence-electron chi connectivity index (χ2n) is 3.68. The van der Waals surface area contributed by atoms with Crippen molar-refractivity contribution in [3.8, 4) is 0 Å². The average molecular weight is 182 g/mol. The molecule has 1 unspecified atom stereocenters. The van der Waals surface area contributed by atoms with Crippen molar-refractivity contribution >= 4 is 0 Å². The summed E-state index contributed by atoms with van der Waals surface area (Å²) in [6.07, 6.45) is 3.19. The van der Waals surface area contributed by atoms with Crippen LogP contribution in [0.15, 0.2) is 12.3 Å². The van der Waals surface area contributed by atoms with Gasteiger partial charge < -0.3 is 9.84 Å². The van der Waals surface area contributed by atoms with E-state index in [0.29, 0.717) is 26.1 Å². The Hall–Kier alpha value is -0.870. The van der Waals surface area contributed by atoms with Crippen molar-refractivity contribution in [3.63, 3.8) is 0 Å². The number of aliphatic hydroxyl groups is 1. The van der Waals surface area contributed by atoms with Crippen molar-refractivity contribution in [2.24, 2.45) is 7.05 Å². The predicted molar refractivity (Wildman–Crippen MR) is 47.3 cm³/mol. The number of nitrogens with zero attached hydrogens (tertiary/aromatic N) is 2. The van der Waals surface area contributed by atoms with Gasteiger partial charge in [0.2, 0.25) is 0 Å². The van der Waals surface area contributed by atoms with Gasteiger partial charge in [-0.15, -0.1) is 0 Å². The minimum absolute atomic E-state index is 0.434. The van der Waals surface area contributed by atoms with Crippen molar-refractivity contribution in [1.29, 1.82) is 0 Å². The third-order valence-electron chi connectivity index (χ3n) is 2.36. The van der Waals surface area contributed by atoms with Crippen LogP contribution >= 0.6 is 0 Å². The molecule has 1 aliphatic heterocycles. The maximum atomic E-state index is 9.98. The van der Waals surface area contributed by atoms with Crippen LogP contribution in [0.2, 0.25) is 0 Å². The van der Waals surface area contributed by atoms with Gasteiger partial charge in [-0.1, -0.05) is 0 Å². The zero-order valence-electron chi connectivity index (χ0n) is 7.73. The molecule has 1 aromatic heterocycles. The van der Waals surface area contributed by atoms with E-state index in [0.717, 1.165) is 5.69 Å². The standard InChI is InChI=1S/C9H14N2O2/c1-11-4-2-8(10-11)6-9(12)3-5-13-7-9/h2,4,12H,3,5-7H2,1H3. The van der Waals surface area contributed by atoms with E-state index < -0.39 is 5.60 Å². The summed E-state index contributed by atoms with van der Waals surface area (Å²) in [7, 11) is 1.87. The van der Waals surface area contributed by atoms with E-state index in [1.54, 1.807) is 4.68 Å². The molecule has 0 radical (unpaired) electrons. The largest absolute Gasteiger partial charge is 0.387 e. The molecule has 4 nitrogen and oxygen atoms in total. The fourth-order valence-electron chi connectivity index (χ4n) is 1.63.